The summed E-state index contributed by atoms with van der Waals surface area (Å²) >= 11 is 0. The zero-order valence-electron chi connectivity index (χ0n) is 14.7. The molecule has 0 saturated heterocycles. The second-order valence-corrected chi connectivity index (χ2v) is 5.97. The normalized spacial score (nSPS) is 10.7. The zero-order valence-corrected chi connectivity index (χ0v) is 14.7. The van der Waals surface area contributed by atoms with E-state index in [9.17, 15) is 19.1 Å². The largest absolute Gasteiger partial charge is 0.506 e. The average Bonchev–Trinajstić information content (AvgIpc) is 2.66. The molecular formula is C21H18FNO4. The molecule has 1 aromatic heterocycles. The molecule has 0 unspecified atom stereocenters. The monoisotopic (exact) mass is 367 g/mol. The minimum absolute atomic E-state index is 0.0779. The lowest BCUT2D eigenvalue weighted by atomic mass is 10.0. The minimum Gasteiger partial charge on any atom is -0.506 e. The van der Waals surface area contributed by atoms with E-state index in [1.165, 1.54) is 18.2 Å². The molecule has 3 aromatic rings. The fourth-order valence-electron chi connectivity index (χ4n) is 2.82. The number of pyridine rings is 1. The predicted molar refractivity (Wildman–Crippen MR) is 99.0 cm³/mol. The van der Waals surface area contributed by atoms with Crippen LogP contribution in [-0.2, 0) is 9.53 Å². The molecule has 6 heteroatoms. The van der Waals surface area contributed by atoms with Crippen LogP contribution in [-0.4, -0.2) is 28.4 Å². The number of ether oxygens (including phenoxy) is 1. The number of carbonyl (C=O) groups is 2. The van der Waals surface area contributed by atoms with Crippen molar-refractivity contribution >= 4 is 22.7 Å². The van der Waals surface area contributed by atoms with Crippen molar-refractivity contribution in [3.63, 3.8) is 0 Å². The summed E-state index contributed by atoms with van der Waals surface area (Å²) in [5.41, 5.74) is 1.87. The molecule has 0 fully saturated rings. The molecular weight excluding hydrogens is 349 g/mol. The molecule has 0 aliphatic rings. The van der Waals surface area contributed by atoms with E-state index in [0.29, 0.717) is 16.5 Å². The maximum atomic E-state index is 13.2. The van der Waals surface area contributed by atoms with Crippen LogP contribution in [0.3, 0.4) is 0 Å². The summed E-state index contributed by atoms with van der Waals surface area (Å²) < 4.78 is 18.0. The van der Waals surface area contributed by atoms with Gasteiger partial charge in [-0.1, -0.05) is 30.3 Å². The van der Waals surface area contributed by atoms with Gasteiger partial charge in [-0.2, -0.15) is 0 Å². The number of esters is 1. The van der Waals surface area contributed by atoms with Crippen molar-refractivity contribution in [2.45, 2.75) is 19.8 Å². The molecule has 2 aromatic carbocycles. The van der Waals surface area contributed by atoms with Crippen molar-refractivity contribution in [3.05, 3.63) is 60.0 Å². The Labute approximate surface area is 155 Å². The fraction of sp³-hybridized carbons (Fsp3) is 0.190. The molecule has 0 aliphatic heterocycles. The molecule has 1 heterocycles. The van der Waals surface area contributed by atoms with Gasteiger partial charge in [-0.3, -0.25) is 9.59 Å². The van der Waals surface area contributed by atoms with Crippen LogP contribution in [0.15, 0.2) is 48.5 Å². The Morgan fingerprint density at radius 3 is 2.56 bits per heavy atom. The molecule has 0 aliphatic carbocycles. The maximum absolute atomic E-state index is 13.2. The lowest BCUT2D eigenvalue weighted by molar-refractivity contribution is -0.143. The Hall–Kier alpha value is -3.28. The van der Waals surface area contributed by atoms with Gasteiger partial charge >= 0.3 is 5.97 Å². The van der Waals surface area contributed by atoms with E-state index in [1.807, 2.05) is 6.07 Å². The number of halogens is 1. The van der Waals surface area contributed by atoms with Crippen LogP contribution in [0.5, 0.6) is 5.75 Å². The second kappa shape index (κ2) is 7.95. The van der Waals surface area contributed by atoms with Crippen LogP contribution in [0.25, 0.3) is 22.0 Å². The predicted octanol–water partition coefficient (Wildman–Crippen LogP) is 4.27. The second-order valence-electron chi connectivity index (χ2n) is 5.97. The number of hydrogen-bond donors (Lipinski definition) is 1. The summed E-state index contributed by atoms with van der Waals surface area (Å²) in [5.74, 6) is -1.51. The van der Waals surface area contributed by atoms with E-state index in [2.05, 4.69) is 4.98 Å². The van der Waals surface area contributed by atoms with Crippen LogP contribution < -0.4 is 0 Å². The summed E-state index contributed by atoms with van der Waals surface area (Å²) in [6.07, 6.45) is -0.185. The van der Waals surface area contributed by atoms with Crippen molar-refractivity contribution in [3.8, 4) is 16.9 Å². The van der Waals surface area contributed by atoms with E-state index in [0.717, 1.165) is 5.56 Å². The number of aromatic hydroxyl groups is 1. The summed E-state index contributed by atoms with van der Waals surface area (Å²) in [5, 5.41) is 10.8. The van der Waals surface area contributed by atoms with E-state index < -0.39 is 11.8 Å². The number of fused-ring (bicyclic) bond motifs is 1. The zero-order chi connectivity index (χ0) is 19.4. The number of Topliss-reactive ketones (excluding diaryl/α,β-unsaturated/α-hetero) is 1. The van der Waals surface area contributed by atoms with E-state index in [4.69, 9.17) is 4.74 Å². The van der Waals surface area contributed by atoms with Gasteiger partial charge < -0.3 is 9.84 Å². The van der Waals surface area contributed by atoms with Crippen molar-refractivity contribution in [2.75, 3.05) is 6.61 Å². The lowest BCUT2D eigenvalue weighted by Crippen LogP contribution is -2.09. The van der Waals surface area contributed by atoms with Crippen LogP contribution in [0.4, 0.5) is 4.39 Å². The van der Waals surface area contributed by atoms with Gasteiger partial charge in [0.25, 0.3) is 0 Å². The van der Waals surface area contributed by atoms with E-state index in [-0.39, 0.29) is 36.7 Å². The van der Waals surface area contributed by atoms with Crippen molar-refractivity contribution in [1.29, 1.82) is 0 Å². The van der Waals surface area contributed by atoms with Crippen LogP contribution in [0.1, 0.15) is 30.3 Å². The van der Waals surface area contributed by atoms with Crippen molar-refractivity contribution in [2.24, 2.45) is 0 Å². The standard InChI is InChI=1S/C21H18FNO4/c1-2-27-19(26)11-10-17(24)21-18(25)12-14-4-3-5-16(20(14)23-21)13-6-8-15(22)9-7-13/h3-9,12,25H,2,10-11H2,1H3. The number of hydrogen-bond acceptors (Lipinski definition) is 5. The Morgan fingerprint density at radius 1 is 1.11 bits per heavy atom. The number of benzene rings is 2. The number of rotatable bonds is 6. The third-order valence-electron chi connectivity index (χ3n) is 4.11. The average molecular weight is 367 g/mol. The van der Waals surface area contributed by atoms with E-state index in [1.54, 1.807) is 31.2 Å². The fourth-order valence-corrected chi connectivity index (χ4v) is 2.82. The van der Waals surface area contributed by atoms with Gasteiger partial charge in [-0.15, -0.1) is 0 Å². The van der Waals surface area contributed by atoms with Crippen LogP contribution in [0.2, 0.25) is 0 Å². The molecule has 5 nitrogen and oxygen atoms in total. The first-order chi connectivity index (χ1) is 13.0. The molecule has 27 heavy (non-hydrogen) atoms. The maximum Gasteiger partial charge on any atom is 0.306 e. The van der Waals surface area contributed by atoms with Gasteiger partial charge in [0.2, 0.25) is 0 Å². The molecule has 0 spiro atoms. The van der Waals surface area contributed by atoms with Gasteiger partial charge in [0.1, 0.15) is 17.3 Å². The topological polar surface area (TPSA) is 76.5 Å². The SMILES string of the molecule is CCOC(=O)CCC(=O)c1nc2c(-c3ccc(F)cc3)cccc2cc1O. The van der Waals surface area contributed by atoms with Gasteiger partial charge in [0.15, 0.2) is 5.78 Å². The Bertz CT molecular complexity index is 999. The van der Waals surface area contributed by atoms with Gasteiger partial charge in [0.05, 0.1) is 18.5 Å². The summed E-state index contributed by atoms with van der Waals surface area (Å²) in [6.45, 7) is 1.93. The number of aromatic nitrogens is 1. The molecule has 0 radical (unpaired) electrons. The van der Waals surface area contributed by atoms with Crippen LogP contribution >= 0.6 is 0 Å². The number of ketones is 1. The van der Waals surface area contributed by atoms with Gasteiger partial charge in [-0.25, -0.2) is 9.37 Å². The third-order valence-corrected chi connectivity index (χ3v) is 4.11. The lowest BCUT2D eigenvalue weighted by Gasteiger charge is -2.10. The van der Waals surface area contributed by atoms with Gasteiger partial charge in [0, 0.05) is 17.4 Å². The highest BCUT2D eigenvalue weighted by atomic mass is 19.1. The van der Waals surface area contributed by atoms with E-state index >= 15 is 0 Å². The molecule has 0 bridgehead atoms. The first-order valence-corrected chi connectivity index (χ1v) is 8.57. The highest BCUT2D eigenvalue weighted by molar-refractivity contribution is 6.02. The Balaban J connectivity index is 1.99. The molecule has 0 saturated carbocycles. The molecule has 138 valence electrons. The quantitative estimate of drug-likeness (QED) is 0.520. The summed E-state index contributed by atoms with van der Waals surface area (Å²) in [6, 6.07) is 12.8. The number of nitrogens with zero attached hydrogens (tertiary/aromatic N) is 1. The number of para-hydroxylation sites is 1. The highest BCUT2D eigenvalue weighted by Gasteiger charge is 2.18. The van der Waals surface area contributed by atoms with Crippen molar-refractivity contribution in [1.82, 2.24) is 4.98 Å². The molecule has 0 amide bonds. The van der Waals surface area contributed by atoms with Crippen LogP contribution in [0, 0.1) is 5.82 Å². The smallest absolute Gasteiger partial charge is 0.306 e. The minimum atomic E-state index is -0.474. The highest BCUT2D eigenvalue weighted by Crippen LogP contribution is 2.31. The van der Waals surface area contributed by atoms with Gasteiger partial charge in [-0.05, 0) is 30.7 Å². The first kappa shape index (κ1) is 18.5. The molecule has 3 rings (SSSR count). The summed E-state index contributed by atoms with van der Waals surface area (Å²) in [4.78, 5) is 28.2. The summed E-state index contributed by atoms with van der Waals surface area (Å²) in [7, 11) is 0. The molecule has 1 N–H and O–H groups in total. The number of carbonyl (C=O) groups excluding carboxylic acids is 2. The Kier molecular flexibility index (Phi) is 5.45. The first-order valence-electron chi connectivity index (χ1n) is 8.57. The Morgan fingerprint density at radius 2 is 1.85 bits per heavy atom. The van der Waals surface area contributed by atoms with Crippen molar-refractivity contribution < 1.29 is 23.8 Å². The third kappa shape index (κ3) is 4.11. The molecule has 0 atom stereocenters.